The molecule has 2 heterocycles. The summed E-state index contributed by atoms with van der Waals surface area (Å²) in [6.45, 7) is 0. The number of fused-ring (bicyclic) bond motifs is 4. The molecule has 1 N–H and O–H groups in total. The summed E-state index contributed by atoms with van der Waals surface area (Å²) < 4.78 is 1.48. The van der Waals surface area contributed by atoms with Crippen LogP contribution in [0.3, 0.4) is 0 Å². The van der Waals surface area contributed by atoms with Crippen LogP contribution in [0, 0.1) is 10.1 Å². The SMILES string of the molecule is O=c1c2ccc([N+](=O)[O-])cc2nc2[nH]c3ccccc3n12. The number of nitro benzene ring substituents is 1. The third-order valence-electron chi connectivity index (χ3n) is 3.46. The van der Waals surface area contributed by atoms with Gasteiger partial charge in [-0.15, -0.1) is 0 Å². The highest BCUT2D eigenvalue weighted by atomic mass is 16.6. The van der Waals surface area contributed by atoms with Gasteiger partial charge < -0.3 is 4.98 Å². The lowest BCUT2D eigenvalue weighted by Gasteiger charge is -1.99. The van der Waals surface area contributed by atoms with Crippen molar-refractivity contribution in [1.82, 2.24) is 14.4 Å². The van der Waals surface area contributed by atoms with Crippen molar-refractivity contribution in [3.8, 4) is 0 Å². The average molecular weight is 280 g/mol. The molecule has 102 valence electrons. The van der Waals surface area contributed by atoms with E-state index in [-0.39, 0.29) is 11.2 Å². The van der Waals surface area contributed by atoms with E-state index in [4.69, 9.17) is 0 Å². The van der Waals surface area contributed by atoms with Crippen molar-refractivity contribution >= 4 is 33.4 Å². The van der Waals surface area contributed by atoms with E-state index in [1.165, 1.54) is 22.6 Å². The number of hydrogen-bond acceptors (Lipinski definition) is 4. The lowest BCUT2D eigenvalue weighted by molar-refractivity contribution is -0.384. The van der Waals surface area contributed by atoms with Gasteiger partial charge in [0.2, 0.25) is 5.78 Å². The summed E-state index contributed by atoms with van der Waals surface area (Å²) in [4.78, 5) is 30.3. The van der Waals surface area contributed by atoms with Gasteiger partial charge in [-0.05, 0) is 18.2 Å². The molecule has 4 aromatic rings. The fourth-order valence-corrected chi connectivity index (χ4v) is 2.49. The van der Waals surface area contributed by atoms with Crippen LogP contribution < -0.4 is 5.56 Å². The van der Waals surface area contributed by atoms with Crippen molar-refractivity contribution in [3.05, 3.63) is 62.9 Å². The van der Waals surface area contributed by atoms with Gasteiger partial charge in [0, 0.05) is 12.1 Å². The van der Waals surface area contributed by atoms with E-state index in [1.54, 1.807) is 0 Å². The molecule has 0 spiro atoms. The minimum atomic E-state index is -0.506. The highest BCUT2D eigenvalue weighted by molar-refractivity contribution is 5.86. The Bertz CT molecular complexity index is 1090. The number of nitrogens with one attached hydrogen (secondary N) is 1. The Morgan fingerprint density at radius 3 is 2.81 bits per heavy atom. The minimum Gasteiger partial charge on any atom is -0.323 e. The van der Waals surface area contributed by atoms with E-state index in [0.717, 1.165) is 11.0 Å². The van der Waals surface area contributed by atoms with Gasteiger partial charge in [-0.1, -0.05) is 12.1 Å². The van der Waals surface area contributed by atoms with Crippen LogP contribution in [0.5, 0.6) is 0 Å². The van der Waals surface area contributed by atoms with Crippen LogP contribution >= 0.6 is 0 Å². The normalized spacial score (nSPS) is 11.4. The first kappa shape index (κ1) is 11.6. The quantitative estimate of drug-likeness (QED) is 0.427. The van der Waals surface area contributed by atoms with Crippen molar-refractivity contribution < 1.29 is 4.92 Å². The molecule has 0 saturated carbocycles. The smallest absolute Gasteiger partial charge is 0.271 e. The van der Waals surface area contributed by atoms with Crippen molar-refractivity contribution in [2.45, 2.75) is 0 Å². The van der Waals surface area contributed by atoms with Crippen molar-refractivity contribution in [2.24, 2.45) is 0 Å². The van der Waals surface area contributed by atoms with Gasteiger partial charge in [0.25, 0.3) is 11.2 Å². The molecule has 21 heavy (non-hydrogen) atoms. The third kappa shape index (κ3) is 1.54. The lowest BCUT2D eigenvalue weighted by Crippen LogP contribution is -2.14. The second-order valence-electron chi connectivity index (χ2n) is 4.68. The van der Waals surface area contributed by atoms with E-state index in [0.29, 0.717) is 16.7 Å². The minimum absolute atomic E-state index is 0.0881. The van der Waals surface area contributed by atoms with Gasteiger partial charge in [0.1, 0.15) is 0 Å². The first-order valence-corrected chi connectivity index (χ1v) is 6.23. The molecule has 0 saturated heterocycles. The van der Waals surface area contributed by atoms with Crippen molar-refractivity contribution in [3.63, 3.8) is 0 Å². The number of H-pyrrole nitrogens is 1. The molecule has 0 unspecified atom stereocenters. The Kier molecular flexibility index (Phi) is 2.15. The number of hydrogen-bond donors (Lipinski definition) is 1. The molecular formula is C14H8N4O3. The number of aromatic amines is 1. The zero-order valence-corrected chi connectivity index (χ0v) is 10.6. The number of nitrogens with zero attached hydrogens (tertiary/aromatic N) is 3. The van der Waals surface area contributed by atoms with Gasteiger partial charge in [0.15, 0.2) is 0 Å². The highest BCUT2D eigenvalue weighted by Crippen LogP contribution is 2.19. The van der Waals surface area contributed by atoms with Gasteiger partial charge in [-0.2, -0.15) is 0 Å². The predicted molar refractivity (Wildman–Crippen MR) is 77.5 cm³/mol. The predicted octanol–water partition coefficient (Wildman–Crippen LogP) is 2.24. The van der Waals surface area contributed by atoms with E-state index in [2.05, 4.69) is 9.97 Å². The van der Waals surface area contributed by atoms with Crippen LogP contribution in [0.15, 0.2) is 47.3 Å². The number of non-ortho nitro benzene ring substituents is 1. The first-order valence-electron chi connectivity index (χ1n) is 6.23. The number of para-hydroxylation sites is 2. The third-order valence-corrected chi connectivity index (χ3v) is 3.46. The van der Waals surface area contributed by atoms with Crippen LogP contribution in [0.4, 0.5) is 5.69 Å². The Hall–Kier alpha value is -3.22. The Balaban J connectivity index is 2.22. The molecule has 4 rings (SSSR count). The van der Waals surface area contributed by atoms with E-state index in [9.17, 15) is 14.9 Å². The summed E-state index contributed by atoms with van der Waals surface area (Å²) >= 11 is 0. The maximum atomic E-state index is 12.6. The summed E-state index contributed by atoms with van der Waals surface area (Å²) in [5.74, 6) is 0.370. The molecule has 0 radical (unpaired) electrons. The number of imidazole rings is 1. The van der Waals surface area contributed by atoms with Crippen LogP contribution in [0.1, 0.15) is 0 Å². The molecule has 0 bridgehead atoms. The number of rotatable bonds is 1. The number of benzene rings is 2. The topological polar surface area (TPSA) is 93.3 Å². The van der Waals surface area contributed by atoms with E-state index in [1.807, 2.05) is 24.3 Å². The van der Waals surface area contributed by atoms with Gasteiger partial charge in [-0.3, -0.25) is 14.9 Å². The highest BCUT2D eigenvalue weighted by Gasteiger charge is 2.13. The second-order valence-corrected chi connectivity index (χ2v) is 4.68. The summed E-state index contributed by atoms with van der Waals surface area (Å²) in [6, 6.07) is 11.4. The molecule has 2 aromatic carbocycles. The molecule has 0 aliphatic rings. The molecule has 0 aliphatic heterocycles. The average Bonchev–Trinajstić information content (AvgIpc) is 2.85. The van der Waals surface area contributed by atoms with Gasteiger partial charge in [0.05, 0.1) is 26.9 Å². The summed E-state index contributed by atoms with van der Waals surface area (Å²) in [7, 11) is 0. The molecule has 0 aliphatic carbocycles. The van der Waals surface area contributed by atoms with E-state index < -0.39 is 4.92 Å². The Labute approximate surface area is 116 Å². The standard InChI is InChI=1S/C14H8N4O3/c19-13-9-6-5-8(18(20)21)7-11(9)16-14-15-10-3-1-2-4-12(10)17(13)14/h1-7H,(H,15,16). The monoisotopic (exact) mass is 280 g/mol. The molecular weight excluding hydrogens is 272 g/mol. The molecule has 7 heteroatoms. The molecule has 0 atom stereocenters. The second kappa shape index (κ2) is 3.89. The maximum absolute atomic E-state index is 12.6. The summed E-state index contributed by atoms with van der Waals surface area (Å²) in [5, 5.41) is 11.2. The largest absolute Gasteiger partial charge is 0.323 e. The summed E-state index contributed by atoms with van der Waals surface area (Å²) in [5.41, 5.74) is 1.48. The van der Waals surface area contributed by atoms with Gasteiger partial charge in [-0.25, -0.2) is 9.38 Å². The van der Waals surface area contributed by atoms with Crippen LogP contribution in [0.2, 0.25) is 0 Å². The summed E-state index contributed by atoms with van der Waals surface area (Å²) in [6.07, 6.45) is 0. The maximum Gasteiger partial charge on any atom is 0.271 e. The molecule has 2 aromatic heterocycles. The molecule has 0 amide bonds. The lowest BCUT2D eigenvalue weighted by atomic mass is 10.2. The van der Waals surface area contributed by atoms with Crippen LogP contribution in [-0.2, 0) is 0 Å². The zero-order valence-electron chi connectivity index (χ0n) is 10.6. The van der Waals surface area contributed by atoms with Crippen molar-refractivity contribution in [1.29, 1.82) is 0 Å². The van der Waals surface area contributed by atoms with Crippen LogP contribution in [0.25, 0.3) is 27.7 Å². The Morgan fingerprint density at radius 1 is 1.19 bits per heavy atom. The number of aromatic nitrogens is 3. The number of nitro groups is 1. The van der Waals surface area contributed by atoms with Crippen LogP contribution in [-0.4, -0.2) is 19.3 Å². The first-order chi connectivity index (χ1) is 10.1. The fourth-order valence-electron chi connectivity index (χ4n) is 2.49. The zero-order chi connectivity index (χ0) is 14.6. The molecule has 7 nitrogen and oxygen atoms in total. The van der Waals surface area contributed by atoms with Gasteiger partial charge >= 0.3 is 0 Å². The van der Waals surface area contributed by atoms with E-state index >= 15 is 0 Å². The van der Waals surface area contributed by atoms with Crippen molar-refractivity contribution in [2.75, 3.05) is 0 Å². The Morgan fingerprint density at radius 2 is 2.00 bits per heavy atom. The molecule has 0 fully saturated rings. The fraction of sp³-hybridized carbons (Fsp3) is 0.